The van der Waals surface area contributed by atoms with Crippen LogP contribution in [-0.2, 0) is 4.79 Å². The molecule has 6 nitrogen and oxygen atoms in total. The van der Waals surface area contributed by atoms with Crippen LogP contribution < -0.4 is 5.32 Å². The molecule has 2 amide bonds. The van der Waals surface area contributed by atoms with E-state index >= 15 is 0 Å². The largest absolute Gasteiger partial charge is 0.481 e. The van der Waals surface area contributed by atoms with Gasteiger partial charge in [-0.1, -0.05) is 6.92 Å². The first-order valence-electron chi connectivity index (χ1n) is 6.32. The number of urea groups is 1. The van der Waals surface area contributed by atoms with Crippen LogP contribution in [0.15, 0.2) is 0 Å². The summed E-state index contributed by atoms with van der Waals surface area (Å²) in [5, 5.41) is 20.2. The number of rotatable bonds is 8. The molecule has 0 aliphatic heterocycles. The number of amides is 2. The molecule has 0 aromatic carbocycles. The highest BCUT2D eigenvalue weighted by molar-refractivity contribution is 5.76. The van der Waals surface area contributed by atoms with Gasteiger partial charge in [-0.25, -0.2) is 4.79 Å². The van der Waals surface area contributed by atoms with Crippen LogP contribution in [0.2, 0.25) is 0 Å². The number of hydrogen-bond acceptors (Lipinski definition) is 3. The minimum Gasteiger partial charge on any atom is -0.481 e. The molecule has 0 aromatic rings. The Kier molecular flexibility index (Phi) is 8.11. The number of carbonyl (C=O) groups excluding carboxylic acids is 1. The van der Waals surface area contributed by atoms with Crippen LogP contribution in [0.3, 0.4) is 0 Å². The van der Waals surface area contributed by atoms with E-state index in [9.17, 15) is 9.59 Å². The third-order valence-electron chi connectivity index (χ3n) is 2.68. The summed E-state index contributed by atoms with van der Waals surface area (Å²) in [5.74, 6) is -0.923. The lowest BCUT2D eigenvalue weighted by atomic mass is 10.1. The van der Waals surface area contributed by atoms with Gasteiger partial charge in [-0.2, -0.15) is 0 Å². The van der Waals surface area contributed by atoms with E-state index in [2.05, 4.69) is 5.32 Å². The normalized spacial score (nSPS) is 12.3. The SMILES string of the molecule is CCC(CC(=O)O)NC(=O)N(CCCO)C(C)C. The fourth-order valence-corrected chi connectivity index (χ4v) is 1.60. The van der Waals surface area contributed by atoms with Crippen molar-refractivity contribution in [3.63, 3.8) is 0 Å². The van der Waals surface area contributed by atoms with Crippen molar-refractivity contribution in [2.45, 2.75) is 52.1 Å². The van der Waals surface area contributed by atoms with E-state index in [0.717, 1.165) is 0 Å². The number of hydrogen-bond donors (Lipinski definition) is 3. The summed E-state index contributed by atoms with van der Waals surface area (Å²) in [6.07, 6.45) is 1.01. The lowest BCUT2D eigenvalue weighted by Crippen LogP contribution is -2.48. The molecule has 0 aliphatic carbocycles. The Morgan fingerprint density at radius 3 is 2.33 bits per heavy atom. The van der Waals surface area contributed by atoms with Gasteiger partial charge in [0.2, 0.25) is 0 Å². The molecule has 18 heavy (non-hydrogen) atoms. The van der Waals surface area contributed by atoms with Crippen molar-refractivity contribution in [3.8, 4) is 0 Å². The molecule has 0 saturated heterocycles. The zero-order valence-corrected chi connectivity index (χ0v) is 11.3. The van der Waals surface area contributed by atoms with Crippen molar-refractivity contribution in [1.82, 2.24) is 10.2 Å². The zero-order valence-electron chi connectivity index (χ0n) is 11.3. The number of aliphatic hydroxyl groups excluding tert-OH is 1. The Morgan fingerprint density at radius 1 is 1.33 bits per heavy atom. The Hall–Kier alpha value is -1.30. The van der Waals surface area contributed by atoms with E-state index in [1.165, 1.54) is 0 Å². The summed E-state index contributed by atoms with van der Waals surface area (Å²) >= 11 is 0. The number of carboxylic acids is 1. The van der Waals surface area contributed by atoms with Crippen molar-refractivity contribution < 1.29 is 19.8 Å². The van der Waals surface area contributed by atoms with Crippen LogP contribution in [0, 0.1) is 0 Å². The maximum absolute atomic E-state index is 12.0. The van der Waals surface area contributed by atoms with Crippen LogP contribution in [0.25, 0.3) is 0 Å². The highest BCUT2D eigenvalue weighted by atomic mass is 16.4. The molecule has 0 aromatic heterocycles. The van der Waals surface area contributed by atoms with E-state index in [4.69, 9.17) is 10.2 Å². The van der Waals surface area contributed by atoms with Gasteiger partial charge in [0.25, 0.3) is 0 Å². The maximum Gasteiger partial charge on any atom is 0.317 e. The molecule has 0 rings (SSSR count). The van der Waals surface area contributed by atoms with Gasteiger partial charge in [0.05, 0.1) is 6.42 Å². The van der Waals surface area contributed by atoms with Crippen molar-refractivity contribution in [2.75, 3.05) is 13.2 Å². The second-order valence-electron chi connectivity index (χ2n) is 4.52. The van der Waals surface area contributed by atoms with Crippen LogP contribution >= 0.6 is 0 Å². The topological polar surface area (TPSA) is 89.9 Å². The van der Waals surface area contributed by atoms with Gasteiger partial charge in [-0.05, 0) is 26.7 Å². The molecule has 0 spiro atoms. The quantitative estimate of drug-likeness (QED) is 0.608. The van der Waals surface area contributed by atoms with E-state index in [0.29, 0.717) is 19.4 Å². The highest BCUT2D eigenvalue weighted by Crippen LogP contribution is 2.04. The van der Waals surface area contributed by atoms with Crippen LogP contribution in [0.5, 0.6) is 0 Å². The molecule has 0 fully saturated rings. The predicted octanol–water partition coefficient (Wildman–Crippen LogP) is 1.04. The minimum atomic E-state index is -0.923. The number of nitrogens with one attached hydrogen (secondary N) is 1. The van der Waals surface area contributed by atoms with E-state index in [-0.39, 0.29) is 31.1 Å². The summed E-state index contributed by atoms with van der Waals surface area (Å²) in [5.41, 5.74) is 0. The van der Waals surface area contributed by atoms with Gasteiger partial charge in [0, 0.05) is 25.2 Å². The summed E-state index contributed by atoms with van der Waals surface area (Å²) in [6, 6.07) is -0.615. The summed E-state index contributed by atoms with van der Waals surface area (Å²) in [7, 11) is 0. The summed E-state index contributed by atoms with van der Waals surface area (Å²) in [4.78, 5) is 24.2. The number of aliphatic hydroxyl groups is 1. The first-order valence-corrected chi connectivity index (χ1v) is 6.32. The minimum absolute atomic E-state index is 0.0129. The molecule has 0 radical (unpaired) electrons. The molecule has 6 heteroatoms. The maximum atomic E-state index is 12.0. The molecular weight excluding hydrogens is 236 g/mol. The number of carbonyl (C=O) groups is 2. The number of carboxylic acid groups (broad SMARTS) is 1. The van der Waals surface area contributed by atoms with Crippen molar-refractivity contribution in [1.29, 1.82) is 0 Å². The fourth-order valence-electron chi connectivity index (χ4n) is 1.60. The Balaban J connectivity index is 4.42. The lowest BCUT2D eigenvalue weighted by molar-refractivity contribution is -0.137. The van der Waals surface area contributed by atoms with Gasteiger partial charge < -0.3 is 20.4 Å². The second kappa shape index (κ2) is 8.74. The summed E-state index contributed by atoms with van der Waals surface area (Å²) < 4.78 is 0. The van der Waals surface area contributed by atoms with Crippen LogP contribution in [0.1, 0.15) is 40.0 Å². The van der Waals surface area contributed by atoms with Gasteiger partial charge in [0.1, 0.15) is 0 Å². The number of nitrogens with zero attached hydrogens (tertiary/aromatic N) is 1. The Morgan fingerprint density at radius 2 is 1.94 bits per heavy atom. The number of aliphatic carboxylic acids is 1. The molecular formula is C12H24N2O4. The van der Waals surface area contributed by atoms with Crippen molar-refractivity contribution in [2.24, 2.45) is 0 Å². The average molecular weight is 260 g/mol. The Labute approximate surface area is 108 Å². The first kappa shape index (κ1) is 16.7. The molecule has 0 heterocycles. The highest BCUT2D eigenvalue weighted by Gasteiger charge is 2.20. The zero-order chi connectivity index (χ0) is 14.1. The van der Waals surface area contributed by atoms with Crippen molar-refractivity contribution in [3.05, 3.63) is 0 Å². The monoisotopic (exact) mass is 260 g/mol. The van der Waals surface area contributed by atoms with Gasteiger partial charge >= 0.3 is 12.0 Å². The molecule has 1 atom stereocenters. The molecule has 3 N–H and O–H groups in total. The van der Waals surface area contributed by atoms with E-state index in [1.807, 2.05) is 20.8 Å². The van der Waals surface area contributed by atoms with Gasteiger partial charge in [-0.15, -0.1) is 0 Å². The molecule has 0 bridgehead atoms. The van der Waals surface area contributed by atoms with E-state index in [1.54, 1.807) is 4.90 Å². The van der Waals surface area contributed by atoms with Crippen LogP contribution in [0.4, 0.5) is 4.79 Å². The third kappa shape index (κ3) is 6.44. The molecule has 0 saturated carbocycles. The average Bonchev–Trinajstić information content (AvgIpc) is 2.27. The lowest BCUT2D eigenvalue weighted by Gasteiger charge is -2.28. The van der Waals surface area contributed by atoms with Gasteiger partial charge in [-0.3, -0.25) is 4.79 Å². The second-order valence-corrected chi connectivity index (χ2v) is 4.52. The Bertz CT molecular complexity index is 269. The standard InChI is InChI=1S/C12H24N2O4/c1-4-10(8-11(16)17)13-12(18)14(9(2)3)6-5-7-15/h9-10,15H,4-8H2,1-3H3,(H,13,18)(H,16,17). The van der Waals surface area contributed by atoms with Gasteiger partial charge in [0.15, 0.2) is 0 Å². The first-order chi connectivity index (χ1) is 8.42. The van der Waals surface area contributed by atoms with Crippen LogP contribution in [-0.4, -0.2) is 52.3 Å². The van der Waals surface area contributed by atoms with Crippen molar-refractivity contribution >= 4 is 12.0 Å². The molecule has 106 valence electrons. The molecule has 1 unspecified atom stereocenters. The predicted molar refractivity (Wildman–Crippen MR) is 68.4 cm³/mol. The summed E-state index contributed by atoms with van der Waals surface area (Å²) in [6.45, 7) is 6.10. The fraction of sp³-hybridized carbons (Fsp3) is 0.833. The smallest absolute Gasteiger partial charge is 0.317 e. The van der Waals surface area contributed by atoms with E-state index < -0.39 is 5.97 Å². The third-order valence-corrected chi connectivity index (χ3v) is 2.68. The molecule has 0 aliphatic rings.